The summed E-state index contributed by atoms with van der Waals surface area (Å²) in [6, 6.07) is 56.0. The summed E-state index contributed by atoms with van der Waals surface area (Å²) in [6.07, 6.45) is 1.88. The topological polar surface area (TPSA) is 25.8 Å². The maximum atomic E-state index is 5.36. The molecular weight excluding hydrogens is 605 g/mol. The van der Waals surface area contributed by atoms with Gasteiger partial charge in [-0.1, -0.05) is 141 Å². The lowest BCUT2D eigenvalue weighted by atomic mass is 9.70. The lowest BCUT2D eigenvalue weighted by molar-refractivity contribution is 0.660. The lowest BCUT2D eigenvalue weighted by Gasteiger charge is -2.30. The standard InChI is InChI=1S/C48H32N2/c1-47(2)37-18-7-3-13-30(37)33-25-24-29(27-42(33)47)36-28-44(50-43-23-12-26-49-46(36)43)35-17-11-22-41-45(35)34-16-6-10-21-40(34)48(41)38-19-8-4-14-31(38)32-15-5-9-20-39(32)48/h3-28H,1-2H3. The Morgan fingerprint density at radius 3 is 1.70 bits per heavy atom. The summed E-state index contributed by atoms with van der Waals surface area (Å²) in [6.45, 7) is 4.69. The van der Waals surface area contributed by atoms with Crippen LogP contribution in [0.15, 0.2) is 158 Å². The van der Waals surface area contributed by atoms with Gasteiger partial charge in [0, 0.05) is 22.7 Å². The lowest BCUT2D eigenvalue weighted by Crippen LogP contribution is -2.25. The van der Waals surface area contributed by atoms with Crippen molar-refractivity contribution in [3.8, 4) is 55.8 Å². The van der Waals surface area contributed by atoms with Gasteiger partial charge in [0.05, 0.1) is 22.1 Å². The van der Waals surface area contributed by atoms with Crippen LogP contribution in [0, 0.1) is 0 Å². The van der Waals surface area contributed by atoms with Crippen molar-refractivity contribution in [1.82, 2.24) is 9.97 Å². The van der Waals surface area contributed by atoms with Gasteiger partial charge in [-0.05, 0) is 96.6 Å². The molecule has 2 heteroatoms. The van der Waals surface area contributed by atoms with Crippen molar-refractivity contribution in [3.05, 3.63) is 191 Å². The number of fused-ring (bicyclic) bond motifs is 14. The van der Waals surface area contributed by atoms with Gasteiger partial charge in [0.25, 0.3) is 0 Å². The SMILES string of the molecule is CC1(C)c2ccccc2-c2ccc(-c3cc(-c4cccc5c4-c4ccccc4C54c5ccccc5-c5ccccc54)nc4cccnc34)cc21. The number of pyridine rings is 2. The highest BCUT2D eigenvalue weighted by atomic mass is 14.8. The number of hydrogen-bond acceptors (Lipinski definition) is 2. The Bertz CT molecular complexity index is 2700. The highest BCUT2D eigenvalue weighted by molar-refractivity contribution is 6.02. The summed E-state index contributed by atoms with van der Waals surface area (Å²) in [5.41, 5.74) is 21.6. The predicted molar refractivity (Wildman–Crippen MR) is 204 cm³/mol. The van der Waals surface area contributed by atoms with E-state index in [2.05, 4.69) is 159 Å². The van der Waals surface area contributed by atoms with Gasteiger partial charge >= 0.3 is 0 Å². The maximum Gasteiger partial charge on any atom is 0.0965 e. The Kier molecular flexibility index (Phi) is 5.41. The molecule has 6 aromatic carbocycles. The predicted octanol–water partition coefficient (Wildman–Crippen LogP) is 11.6. The number of aromatic nitrogens is 2. The van der Waals surface area contributed by atoms with Crippen LogP contribution in [0.1, 0.15) is 47.2 Å². The van der Waals surface area contributed by atoms with Crippen LogP contribution in [-0.4, -0.2) is 9.97 Å². The van der Waals surface area contributed by atoms with Gasteiger partial charge in [-0.15, -0.1) is 0 Å². The maximum absolute atomic E-state index is 5.36. The van der Waals surface area contributed by atoms with Crippen LogP contribution >= 0.6 is 0 Å². The van der Waals surface area contributed by atoms with Crippen LogP contribution in [0.5, 0.6) is 0 Å². The van der Waals surface area contributed by atoms with Crippen LogP contribution in [0.3, 0.4) is 0 Å². The quantitative estimate of drug-likeness (QED) is 0.189. The molecule has 2 aromatic heterocycles. The molecule has 50 heavy (non-hydrogen) atoms. The molecule has 0 N–H and O–H groups in total. The Labute approximate surface area is 291 Å². The average molecular weight is 637 g/mol. The van der Waals surface area contributed by atoms with Crippen molar-refractivity contribution in [2.24, 2.45) is 0 Å². The smallest absolute Gasteiger partial charge is 0.0965 e. The molecule has 0 bridgehead atoms. The first kappa shape index (κ1) is 27.8. The fourth-order valence-electron chi connectivity index (χ4n) is 9.65. The Morgan fingerprint density at radius 2 is 0.980 bits per heavy atom. The summed E-state index contributed by atoms with van der Waals surface area (Å²) in [5.74, 6) is 0. The largest absolute Gasteiger partial charge is 0.254 e. The van der Waals surface area contributed by atoms with E-state index in [9.17, 15) is 0 Å². The average Bonchev–Trinajstić information content (AvgIpc) is 3.73. The second-order valence-electron chi connectivity index (χ2n) is 14.5. The van der Waals surface area contributed by atoms with Gasteiger partial charge < -0.3 is 0 Å². The molecule has 2 nitrogen and oxygen atoms in total. The molecule has 0 saturated heterocycles. The molecule has 11 rings (SSSR count). The molecule has 3 aliphatic rings. The van der Waals surface area contributed by atoms with Gasteiger partial charge in [-0.3, -0.25) is 4.98 Å². The van der Waals surface area contributed by atoms with Gasteiger partial charge in [-0.2, -0.15) is 0 Å². The molecule has 0 saturated carbocycles. The minimum absolute atomic E-state index is 0.0901. The van der Waals surface area contributed by atoms with E-state index in [0.29, 0.717) is 0 Å². The zero-order chi connectivity index (χ0) is 33.2. The molecule has 0 aliphatic heterocycles. The second-order valence-corrected chi connectivity index (χ2v) is 14.5. The fourth-order valence-corrected chi connectivity index (χ4v) is 9.65. The molecule has 234 valence electrons. The molecule has 0 fully saturated rings. The first-order chi connectivity index (χ1) is 24.6. The van der Waals surface area contributed by atoms with E-state index in [1.165, 1.54) is 72.3 Å². The third kappa shape index (κ3) is 3.38. The van der Waals surface area contributed by atoms with Crippen LogP contribution in [0.2, 0.25) is 0 Å². The summed E-state index contributed by atoms with van der Waals surface area (Å²) in [7, 11) is 0. The normalized spacial score (nSPS) is 14.9. The minimum atomic E-state index is -0.392. The van der Waals surface area contributed by atoms with E-state index in [1.807, 2.05) is 12.3 Å². The van der Waals surface area contributed by atoms with Gasteiger partial charge in [-0.25, -0.2) is 4.98 Å². The van der Waals surface area contributed by atoms with Gasteiger partial charge in [0.15, 0.2) is 0 Å². The third-order valence-corrected chi connectivity index (χ3v) is 11.8. The zero-order valence-corrected chi connectivity index (χ0v) is 27.9. The fraction of sp³-hybridized carbons (Fsp3) is 0.0833. The van der Waals surface area contributed by atoms with E-state index < -0.39 is 5.41 Å². The number of hydrogen-bond donors (Lipinski definition) is 0. The Balaban J connectivity index is 1.18. The summed E-state index contributed by atoms with van der Waals surface area (Å²) in [5, 5.41) is 0. The minimum Gasteiger partial charge on any atom is -0.254 e. The molecule has 8 aromatic rings. The third-order valence-electron chi connectivity index (χ3n) is 11.8. The molecular formula is C48H32N2. The van der Waals surface area contributed by atoms with Crippen molar-refractivity contribution in [3.63, 3.8) is 0 Å². The highest BCUT2D eigenvalue weighted by Gasteiger charge is 2.52. The molecule has 2 heterocycles. The van der Waals surface area contributed by atoms with Gasteiger partial charge in [0.2, 0.25) is 0 Å². The molecule has 0 amide bonds. The van der Waals surface area contributed by atoms with Crippen molar-refractivity contribution < 1.29 is 0 Å². The van der Waals surface area contributed by atoms with E-state index in [1.54, 1.807) is 0 Å². The Morgan fingerprint density at radius 1 is 0.420 bits per heavy atom. The summed E-state index contributed by atoms with van der Waals surface area (Å²) in [4.78, 5) is 10.3. The number of benzene rings is 6. The first-order valence-electron chi connectivity index (χ1n) is 17.5. The van der Waals surface area contributed by atoms with E-state index in [0.717, 1.165) is 27.9 Å². The van der Waals surface area contributed by atoms with Crippen molar-refractivity contribution >= 4 is 11.0 Å². The molecule has 0 atom stereocenters. The van der Waals surface area contributed by atoms with Crippen molar-refractivity contribution in [2.45, 2.75) is 24.7 Å². The molecule has 0 radical (unpaired) electrons. The van der Waals surface area contributed by atoms with Crippen molar-refractivity contribution in [2.75, 3.05) is 0 Å². The second kappa shape index (κ2) is 9.74. The monoisotopic (exact) mass is 636 g/mol. The highest BCUT2D eigenvalue weighted by Crippen LogP contribution is 2.64. The Hall–Kier alpha value is -6.12. The van der Waals surface area contributed by atoms with Gasteiger partial charge in [0.1, 0.15) is 0 Å². The van der Waals surface area contributed by atoms with Crippen LogP contribution < -0.4 is 0 Å². The summed E-state index contributed by atoms with van der Waals surface area (Å²) >= 11 is 0. The molecule has 0 unspecified atom stereocenters. The van der Waals surface area contributed by atoms with E-state index in [-0.39, 0.29) is 5.41 Å². The van der Waals surface area contributed by atoms with Crippen LogP contribution in [0.25, 0.3) is 66.8 Å². The summed E-state index contributed by atoms with van der Waals surface area (Å²) < 4.78 is 0. The molecule has 3 aliphatic carbocycles. The van der Waals surface area contributed by atoms with Crippen LogP contribution in [0.4, 0.5) is 0 Å². The van der Waals surface area contributed by atoms with E-state index in [4.69, 9.17) is 9.97 Å². The van der Waals surface area contributed by atoms with Crippen molar-refractivity contribution in [1.29, 1.82) is 0 Å². The number of nitrogens with zero attached hydrogens (tertiary/aromatic N) is 2. The van der Waals surface area contributed by atoms with E-state index >= 15 is 0 Å². The zero-order valence-electron chi connectivity index (χ0n) is 27.9. The number of rotatable bonds is 2. The first-order valence-corrected chi connectivity index (χ1v) is 17.5. The van der Waals surface area contributed by atoms with Crippen LogP contribution in [-0.2, 0) is 10.8 Å². The molecule has 1 spiro atoms.